The van der Waals surface area contributed by atoms with E-state index in [9.17, 15) is 4.79 Å². The van der Waals surface area contributed by atoms with Gasteiger partial charge in [0.2, 0.25) is 0 Å². The van der Waals surface area contributed by atoms with Crippen LogP contribution < -0.4 is 0 Å². The molecule has 0 spiro atoms. The number of carbonyl (C=O) groups is 1. The van der Waals surface area contributed by atoms with Crippen LogP contribution in [0.4, 0.5) is 0 Å². The minimum absolute atomic E-state index is 0.283. The lowest BCUT2D eigenvalue weighted by Gasteiger charge is -2.03. The number of hydrogen-bond acceptors (Lipinski definition) is 1. The molecular formula is C10H9O2. The zero-order valence-electron chi connectivity index (χ0n) is 6.58. The Morgan fingerprint density at radius 1 is 1.67 bits per heavy atom. The summed E-state index contributed by atoms with van der Waals surface area (Å²) in [6, 6.07) is 8.49. The summed E-state index contributed by atoms with van der Waals surface area (Å²) in [4.78, 5) is 10.8. The highest BCUT2D eigenvalue weighted by Crippen LogP contribution is 2.32. The first-order valence-electron chi connectivity index (χ1n) is 4.00. The second kappa shape index (κ2) is 2.63. The van der Waals surface area contributed by atoms with Crippen LogP contribution in [-0.4, -0.2) is 11.1 Å². The molecule has 1 atom stereocenters. The molecule has 2 rings (SSSR count). The molecule has 2 nitrogen and oxygen atoms in total. The number of aryl methyl sites for hydroxylation is 1. The minimum atomic E-state index is -0.708. The molecule has 0 saturated carbocycles. The van der Waals surface area contributed by atoms with Gasteiger partial charge in [0.05, 0.1) is 5.92 Å². The molecule has 61 valence electrons. The van der Waals surface area contributed by atoms with E-state index in [4.69, 9.17) is 5.11 Å². The van der Waals surface area contributed by atoms with E-state index in [0.717, 1.165) is 24.0 Å². The van der Waals surface area contributed by atoms with Gasteiger partial charge in [-0.1, -0.05) is 18.2 Å². The topological polar surface area (TPSA) is 37.3 Å². The Kier molecular flexibility index (Phi) is 1.61. The van der Waals surface area contributed by atoms with Crippen LogP contribution in [0.2, 0.25) is 0 Å². The Balaban J connectivity index is 2.42. The highest BCUT2D eigenvalue weighted by molar-refractivity contribution is 5.77. The Labute approximate surface area is 70.8 Å². The average molecular weight is 161 g/mol. The lowest BCUT2D eigenvalue weighted by molar-refractivity contribution is -0.138. The normalized spacial score (nSPS) is 20.5. The summed E-state index contributed by atoms with van der Waals surface area (Å²) in [5.74, 6) is -0.991. The lowest BCUT2D eigenvalue weighted by atomic mass is 10.0. The largest absolute Gasteiger partial charge is 0.481 e. The van der Waals surface area contributed by atoms with Gasteiger partial charge in [0.15, 0.2) is 0 Å². The molecule has 2 heteroatoms. The van der Waals surface area contributed by atoms with Crippen LogP contribution in [0.5, 0.6) is 0 Å². The van der Waals surface area contributed by atoms with Gasteiger partial charge in [0.1, 0.15) is 0 Å². The summed E-state index contributed by atoms with van der Waals surface area (Å²) in [6.45, 7) is 0. The summed E-state index contributed by atoms with van der Waals surface area (Å²) in [5.41, 5.74) is 2.12. The predicted octanol–water partition coefficient (Wildman–Crippen LogP) is 1.60. The van der Waals surface area contributed by atoms with Crippen LogP contribution in [0, 0.1) is 6.07 Å². The van der Waals surface area contributed by atoms with E-state index in [1.165, 1.54) is 0 Å². The van der Waals surface area contributed by atoms with Crippen molar-refractivity contribution < 1.29 is 9.90 Å². The maximum atomic E-state index is 10.8. The maximum absolute atomic E-state index is 10.8. The zero-order valence-corrected chi connectivity index (χ0v) is 6.58. The predicted molar refractivity (Wildman–Crippen MR) is 44.0 cm³/mol. The van der Waals surface area contributed by atoms with Gasteiger partial charge in [-0.2, -0.15) is 0 Å². The molecule has 1 unspecified atom stereocenters. The van der Waals surface area contributed by atoms with Gasteiger partial charge in [0.25, 0.3) is 0 Å². The van der Waals surface area contributed by atoms with Crippen molar-refractivity contribution in [3.63, 3.8) is 0 Å². The summed E-state index contributed by atoms with van der Waals surface area (Å²) < 4.78 is 0. The van der Waals surface area contributed by atoms with E-state index in [1.54, 1.807) is 6.07 Å². The third-order valence-electron chi connectivity index (χ3n) is 2.36. The fraction of sp³-hybridized carbons (Fsp3) is 0.300. The first kappa shape index (κ1) is 7.35. The third-order valence-corrected chi connectivity index (χ3v) is 2.36. The van der Waals surface area contributed by atoms with Gasteiger partial charge in [-0.05, 0) is 30.0 Å². The standard InChI is InChI=1S/C10H9O2/c11-10(12)9-6-5-7-3-1-2-4-8(7)9/h2-4,9H,5-6H2,(H,11,12). The molecule has 1 N–H and O–H groups in total. The number of hydrogen-bond donors (Lipinski definition) is 1. The van der Waals surface area contributed by atoms with Crippen molar-refractivity contribution in [2.75, 3.05) is 0 Å². The third kappa shape index (κ3) is 0.998. The molecule has 1 aromatic carbocycles. The van der Waals surface area contributed by atoms with Gasteiger partial charge in [-0.3, -0.25) is 4.79 Å². The van der Waals surface area contributed by atoms with Crippen LogP contribution in [0.3, 0.4) is 0 Å². The van der Waals surface area contributed by atoms with Crippen LogP contribution in [0.15, 0.2) is 18.2 Å². The van der Waals surface area contributed by atoms with Crippen molar-refractivity contribution in [2.45, 2.75) is 18.8 Å². The molecule has 1 aliphatic rings. The van der Waals surface area contributed by atoms with Crippen LogP contribution in [0.25, 0.3) is 0 Å². The molecule has 0 saturated heterocycles. The van der Waals surface area contributed by atoms with Crippen LogP contribution in [-0.2, 0) is 11.2 Å². The summed E-state index contributed by atoms with van der Waals surface area (Å²) >= 11 is 0. The van der Waals surface area contributed by atoms with Gasteiger partial charge in [-0.15, -0.1) is 0 Å². The highest BCUT2D eigenvalue weighted by Gasteiger charge is 2.27. The summed E-state index contributed by atoms with van der Waals surface area (Å²) in [6.07, 6.45) is 1.62. The van der Waals surface area contributed by atoms with Gasteiger partial charge in [-0.25, -0.2) is 0 Å². The second-order valence-electron chi connectivity index (χ2n) is 3.05. The smallest absolute Gasteiger partial charge is 0.310 e. The molecular weight excluding hydrogens is 152 g/mol. The number of fused-ring (bicyclic) bond motifs is 1. The van der Waals surface area contributed by atoms with Crippen molar-refractivity contribution in [1.29, 1.82) is 0 Å². The van der Waals surface area contributed by atoms with Crippen molar-refractivity contribution in [3.05, 3.63) is 35.4 Å². The van der Waals surface area contributed by atoms with E-state index in [1.807, 2.05) is 12.1 Å². The Morgan fingerprint density at radius 3 is 3.25 bits per heavy atom. The lowest BCUT2D eigenvalue weighted by Crippen LogP contribution is -2.07. The molecule has 0 aromatic heterocycles. The zero-order chi connectivity index (χ0) is 8.55. The Morgan fingerprint density at radius 2 is 2.50 bits per heavy atom. The molecule has 1 aromatic rings. The summed E-state index contributed by atoms with van der Waals surface area (Å²) in [5, 5.41) is 8.85. The minimum Gasteiger partial charge on any atom is -0.481 e. The molecule has 0 fully saturated rings. The first-order chi connectivity index (χ1) is 5.79. The van der Waals surface area contributed by atoms with Gasteiger partial charge in [0, 0.05) is 0 Å². The molecule has 0 amide bonds. The highest BCUT2D eigenvalue weighted by atomic mass is 16.4. The van der Waals surface area contributed by atoms with Crippen LogP contribution >= 0.6 is 0 Å². The fourth-order valence-corrected chi connectivity index (χ4v) is 1.75. The van der Waals surface area contributed by atoms with Crippen molar-refractivity contribution in [1.82, 2.24) is 0 Å². The number of carboxylic acids is 1. The number of rotatable bonds is 1. The van der Waals surface area contributed by atoms with Crippen LogP contribution in [0.1, 0.15) is 23.5 Å². The maximum Gasteiger partial charge on any atom is 0.310 e. The molecule has 1 radical (unpaired) electrons. The van der Waals surface area contributed by atoms with E-state index < -0.39 is 5.97 Å². The van der Waals surface area contributed by atoms with E-state index >= 15 is 0 Å². The van der Waals surface area contributed by atoms with Crippen molar-refractivity contribution in [3.8, 4) is 0 Å². The quantitative estimate of drug-likeness (QED) is 0.679. The number of carboxylic acid groups (broad SMARTS) is 1. The average Bonchev–Trinajstić information content (AvgIpc) is 2.47. The fourth-order valence-electron chi connectivity index (χ4n) is 1.75. The molecule has 0 bridgehead atoms. The molecule has 1 aliphatic carbocycles. The van der Waals surface area contributed by atoms with E-state index in [0.29, 0.717) is 0 Å². The Hall–Kier alpha value is -1.31. The second-order valence-corrected chi connectivity index (χ2v) is 3.05. The Bertz CT molecular complexity index is 317. The van der Waals surface area contributed by atoms with E-state index in [2.05, 4.69) is 6.07 Å². The SMILES string of the molecule is O=C(O)C1CCc2c[c]ccc21. The van der Waals surface area contributed by atoms with E-state index in [-0.39, 0.29) is 5.92 Å². The summed E-state index contributed by atoms with van der Waals surface area (Å²) in [7, 11) is 0. The van der Waals surface area contributed by atoms with Gasteiger partial charge < -0.3 is 5.11 Å². The molecule has 0 aliphatic heterocycles. The monoisotopic (exact) mass is 161 g/mol. The molecule has 12 heavy (non-hydrogen) atoms. The first-order valence-corrected chi connectivity index (χ1v) is 4.00. The van der Waals surface area contributed by atoms with Crippen molar-refractivity contribution >= 4 is 5.97 Å². The van der Waals surface area contributed by atoms with Gasteiger partial charge >= 0.3 is 5.97 Å². The number of aliphatic carboxylic acids is 1. The van der Waals surface area contributed by atoms with Crippen molar-refractivity contribution in [2.24, 2.45) is 0 Å². The molecule has 0 heterocycles. The number of benzene rings is 1.